The van der Waals surface area contributed by atoms with Gasteiger partial charge in [0.05, 0.1) is 6.61 Å². The number of nitrogens with one attached hydrogen (secondary N) is 1. The number of anilines is 1. The Morgan fingerprint density at radius 1 is 1.19 bits per heavy atom. The molecule has 1 aromatic carbocycles. The first-order valence-corrected chi connectivity index (χ1v) is 10.5. The second-order valence-corrected chi connectivity index (χ2v) is 8.24. The number of ether oxygens (including phenoxy) is 1. The van der Waals surface area contributed by atoms with Crippen LogP contribution in [0.5, 0.6) is 0 Å². The van der Waals surface area contributed by atoms with E-state index in [1.807, 2.05) is 0 Å². The normalized spacial score (nSPS) is 22.9. The van der Waals surface area contributed by atoms with Crippen LogP contribution in [-0.2, 0) is 4.74 Å². The highest BCUT2D eigenvalue weighted by molar-refractivity contribution is 14.0. The van der Waals surface area contributed by atoms with Crippen molar-refractivity contribution in [2.75, 3.05) is 57.9 Å². The number of benzene rings is 1. The molecule has 5 nitrogen and oxygen atoms in total. The molecule has 0 aliphatic carbocycles. The van der Waals surface area contributed by atoms with Gasteiger partial charge in [-0.3, -0.25) is 4.99 Å². The topological polar surface area (TPSA) is 40.1 Å². The second kappa shape index (κ2) is 11.5. The Hall–Kier alpha value is -0.540. The number of hydrogen-bond donors (Lipinski definition) is 1. The van der Waals surface area contributed by atoms with E-state index >= 15 is 0 Å². The van der Waals surface area contributed by atoms with Crippen LogP contribution >= 0.6 is 39.9 Å². The van der Waals surface area contributed by atoms with Gasteiger partial charge >= 0.3 is 0 Å². The summed E-state index contributed by atoms with van der Waals surface area (Å²) in [7, 11) is 1.79. The zero-order valence-electron chi connectivity index (χ0n) is 16.4. The van der Waals surface area contributed by atoms with Gasteiger partial charge in [-0.05, 0) is 49.9 Å². The third-order valence-corrected chi connectivity index (χ3v) is 5.83. The molecule has 0 saturated carbocycles. The molecule has 2 heterocycles. The Morgan fingerprint density at radius 3 is 2.63 bits per heavy atom. The van der Waals surface area contributed by atoms with Gasteiger partial charge in [-0.1, -0.05) is 15.9 Å². The van der Waals surface area contributed by atoms with Crippen LogP contribution in [0.1, 0.15) is 19.8 Å². The van der Waals surface area contributed by atoms with E-state index in [4.69, 9.17) is 9.73 Å². The predicted molar refractivity (Wildman–Crippen MR) is 127 cm³/mol. The summed E-state index contributed by atoms with van der Waals surface area (Å²) in [4.78, 5) is 9.84. The summed E-state index contributed by atoms with van der Waals surface area (Å²) >= 11 is 3.51. The minimum absolute atomic E-state index is 0. The maximum atomic E-state index is 5.32. The van der Waals surface area contributed by atoms with Crippen LogP contribution in [0.2, 0.25) is 0 Å². The van der Waals surface area contributed by atoms with E-state index in [9.17, 15) is 0 Å². The fourth-order valence-corrected chi connectivity index (χ4v) is 4.17. The van der Waals surface area contributed by atoms with Gasteiger partial charge in [-0.25, -0.2) is 0 Å². The SMILES string of the molecule is CCNC(=NCC1CCN(c2ccc(Br)cc2)C1)N1CCC(COC)C1.I. The number of rotatable bonds is 6. The summed E-state index contributed by atoms with van der Waals surface area (Å²) in [6, 6.07) is 8.63. The smallest absolute Gasteiger partial charge is 0.193 e. The monoisotopic (exact) mass is 550 g/mol. The summed E-state index contributed by atoms with van der Waals surface area (Å²) in [6.07, 6.45) is 2.41. The first-order chi connectivity index (χ1) is 12.7. The van der Waals surface area contributed by atoms with Crippen molar-refractivity contribution >= 4 is 51.6 Å². The lowest BCUT2D eigenvalue weighted by Gasteiger charge is -2.22. The van der Waals surface area contributed by atoms with Gasteiger partial charge in [0.25, 0.3) is 0 Å². The van der Waals surface area contributed by atoms with Gasteiger partial charge in [0, 0.05) is 62.5 Å². The van der Waals surface area contributed by atoms with Gasteiger partial charge < -0.3 is 19.9 Å². The lowest BCUT2D eigenvalue weighted by Crippen LogP contribution is -2.40. The summed E-state index contributed by atoms with van der Waals surface area (Å²) in [5, 5.41) is 3.48. The van der Waals surface area contributed by atoms with E-state index in [1.165, 1.54) is 18.5 Å². The Bertz CT molecular complexity index is 598. The number of likely N-dealkylation sites (tertiary alicyclic amines) is 1. The molecule has 1 N–H and O–H groups in total. The number of halogens is 2. The highest BCUT2D eigenvalue weighted by Crippen LogP contribution is 2.25. The predicted octanol–water partition coefficient (Wildman–Crippen LogP) is 3.83. The summed E-state index contributed by atoms with van der Waals surface area (Å²) < 4.78 is 6.45. The summed E-state index contributed by atoms with van der Waals surface area (Å²) in [5.74, 6) is 2.33. The zero-order valence-corrected chi connectivity index (χ0v) is 20.3. The molecule has 27 heavy (non-hydrogen) atoms. The van der Waals surface area contributed by atoms with Crippen molar-refractivity contribution < 1.29 is 4.74 Å². The van der Waals surface area contributed by atoms with E-state index in [1.54, 1.807) is 7.11 Å². The fraction of sp³-hybridized carbons (Fsp3) is 0.650. The maximum absolute atomic E-state index is 5.32. The molecule has 0 spiro atoms. The molecule has 2 fully saturated rings. The molecule has 1 aromatic rings. The van der Waals surface area contributed by atoms with Crippen LogP contribution in [0.25, 0.3) is 0 Å². The molecule has 0 bridgehead atoms. The van der Waals surface area contributed by atoms with Crippen LogP contribution in [0.4, 0.5) is 5.69 Å². The molecule has 2 unspecified atom stereocenters. The van der Waals surface area contributed by atoms with Crippen molar-refractivity contribution in [1.29, 1.82) is 0 Å². The average Bonchev–Trinajstić information content (AvgIpc) is 3.29. The van der Waals surface area contributed by atoms with E-state index in [0.29, 0.717) is 11.8 Å². The highest BCUT2D eigenvalue weighted by atomic mass is 127. The largest absolute Gasteiger partial charge is 0.384 e. The Kier molecular flexibility index (Phi) is 9.65. The first-order valence-electron chi connectivity index (χ1n) is 9.72. The molecule has 2 aliphatic rings. The third-order valence-electron chi connectivity index (χ3n) is 5.30. The van der Waals surface area contributed by atoms with E-state index in [-0.39, 0.29) is 24.0 Å². The lowest BCUT2D eigenvalue weighted by molar-refractivity contribution is 0.157. The third kappa shape index (κ3) is 6.49. The second-order valence-electron chi connectivity index (χ2n) is 7.33. The number of methoxy groups -OCH3 is 1. The molecular weight excluding hydrogens is 519 g/mol. The molecule has 0 aromatic heterocycles. The average molecular weight is 551 g/mol. The van der Waals surface area contributed by atoms with Gasteiger partial charge in [0.1, 0.15) is 0 Å². The maximum Gasteiger partial charge on any atom is 0.193 e. The molecule has 2 aliphatic heterocycles. The number of hydrogen-bond acceptors (Lipinski definition) is 3. The van der Waals surface area contributed by atoms with Gasteiger partial charge in [0.15, 0.2) is 5.96 Å². The van der Waals surface area contributed by atoms with Crippen molar-refractivity contribution in [3.8, 4) is 0 Å². The Balaban J connectivity index is 0.00000261. The van der Waals surface area contributed by atoms with Gasteiger partial charge in [-0.15, -0.1) is 24.0 Å². The van der Waals surface area contributed by atoms with Crippen LogP contribution in [0, 0.1) is 11.8 Å². The minimum atomic E-state index is 0. The molecule has 7 heteroatoms. The molecule has 2 saturated heterocycles. The van der Waals surface area contributed by atoms with Crippen LogP contribution < -0.4 is 10.2 Å². The molecule has 2 atom stereocenters. The van der Waals surface area contributed by atoms with E-state index in [0.717, 1.165) is 56.3 Å². The van der Waals surface area contributed by atoms with E-state index in [2.05, 4.69) is 62.2 Å². The number of aliphatic imine (C=N–C) groups is 1. The minimum Gasteiger partial charge on any atom is -0.384 e. The lowest BCUT2D eigenvalue weighted by atomic mass is 10.1. The van der Waals surface area contributed by atoms with Crippen LogP contribution in [0.15, 0.2) is 33.7 Å². The van der Waals surface area contributed by atoms with Crippen molar-refractivity contribution in [3.05, 3.63) is 28.7 Å². The number of guanidine groups is 1. The van der Waals surface area contributed by atoms with Crippen LogP contribution in [0.3, 0.4) is 0 Å². The van der Waals surface area contributed by atoms with Crippen molar-refractivity contribution in [1.82, 2.24) is 10.2 Å². The molecule has 0 amide bonds. The Morgan fingerprint density at radius 2 is 1.93 bits per heavy atom. The summed E-state index contributed by atoms with van der Waals surface area (Å²) in [5.41, 5.74) is 1.31. The fourth-order valence-electron chi connectivity index (χ4n) is 3.91. The van der Waals surface area contributed by atoms with Crippen LogP contribution in [-0.4, -0.2) is 63.8 Å². The zero-order chi connectivity index (χ0) is 18.4. The number of nitrogens with zero attached hydrogens (tertiary/aromatic N) is 3. The molecule has 3 rings (SSSR count). The molecule has 0 radical (unpaired) electrons. The van der Waals surface area contributed by atoms with Crippen molar-refractivity contribution in [3.63, 3.8) is 0 Å². The van der Waals surface area contributed by atoms with E-state index < -0.39 is 0 Å². The standard InChI is InChI=1S/C20H31BrN4O.HI/c1-3-22-20(25-11-9-17(14-25)15-26-2)23-12-16-8-10-24(13-16)19-6-4-18(21)5-7-19;/h4-7,16-17H,3,8-15H2,1-2H3,(H,22,23);1H. The van der Waals surface area contributed by atoms with Gasteiger partial charge in [0.2, 0.25) is 0 Å². The molecule has 152 valence electrons. The van der Waals surface area contributed by atoms with Crippen molar-refractivity contribution in [2.24, 2.45) is 16.8 Å². The van der Waals surface area contributed by atoms with Gasteiger partial charge in [-0.2, -0.15) is 0 Å². The quantitative estimate of drug-likeness (QED) is 0.332. The highest BCUT2D eigenvalue weighted by Gasteiger charge is 2.26. The Labute approximate surface area is 189 Å². The molecular formula is C20H32BrIN4O. The van der Waals surface area contributed by atoms with Crippen molar-refractivity contribution in [2.45, 2.75) is 19.8 Å². The first kappa shape index (κ1) is 22.7. The summed E-state index contributed by atoms with van der Waals surface area (Å²) in [6.45, 7) is 9.16.